The Morgan fingerprint density at radius 1 is 0.750 bits per heavy atom. The van der Waals surface area contributed by atoms with Crippen molar-refractivity contribution in [2.45, 2.75) is 26.7 Å². The van der Waals surface area contributed by atoms with Gasteiger partial charge in [0, 0.05) is 5.56 Å². The third-order valence-electron chi connectivity index (χ3n) is 6.48. The van der Waals surface area contributed by atoms with E-state index in [4.69, 9.17) is 9.15 Å². The summed E-state index contributed by atoms with van der Waals surface area (Å²) in [4.78, 5) is 27.5. The maximum Gasteiger partial charge on any atom is 0.323 e. The third kappa shape index (κ3) is 4.46. The Morgan fingerprint density at radius 3 is 1.89 bits per heavy atom. The van der Waals surface area contributed by atoms with Crippen LogP contribution in [-0.4, -0.2) is 5.97 Å². The summed E-state index contributed by atoms with van der Waals surface area (Å²) in [5, 5.41) is 0.382. The molecule has 36 heavy (non-hydrogen) atoms. The van der Waals surface area contributed by atoms with Gasteiger partial charge in [0.25, 0.3) is 0 Å². The molecule has 5 aromatic rings. The molecule has 0 N–H and O–H groups in total. The van der Waals surface area contributed by atoms with E-state index >= 15 is 0 Å². The van der Waals surface area contributed by atoms with Crippen LogP contribution >= 0.6 is 0 Å². The average molecular weight is 475 g/mol. The zero-order chi connectivity index (χ0) is 25.2. The highest BCUT2D eigenvalue weighted by Gasteiger charge is 2.28. The van der Waals surface area contributed by atoms with Crippen LogP contribution in [0.4, 0.5) is 0 Å². The summed E-state index contributed by atoms with van der Waals surface area (Å²) in [5.41, 5.74) is 5.35. The molecule has 0 fully saturated rings. The predicted molar refractivity (Wildman–Crippen MR) is 142 cm³/mol. The Labute approximate surface area is 209 Å². The number of carbonyl (C=O) groups excluding carboxylic acids is 1. The quantitative estimate of drug-likeness (QED) is 0.254. The molecule has 0 spiro atoms. The number of hydrogen-bond acceptors (Lipinski definition) is 4. The molecule has 0 unspecified atom stereocenters. The number of fused-ring (bicyclic) bond motifs is 1. The van der Waals surface area contributed by atoms with Crippen molar-refractivity contribution in [3.63, 3.8) is 0 Å². The molecule has 0 aliphatic carbocycles. The van der Waals surface area contributed by atoms with Gasteiger partial charge in [0.1, 0.15) is 11.5 Å². The second-order valence-electron chi connectivity index (χ2n) is 9.06. The van der Waals surface area contributed by atoms with Gasteiger partial charge in [-0.05, 0) is 55.2 Å². The molecule has 4 nitrogen and oxygen atoms in total. The number of esters is 1. The molecule has 0 amide bonds. The fraction of sp³-hybridized carbons (Fsp3) is 0.125. The number of carbonyl (C=O) groups is 1. The molecule has 0 radical (unpaired) electrons. The fourth-order valence-corrected chi connectivity index (χ4v) is 4.34. The number of rotatable bonds is 5. The number of aryl methyl sites for hydroxylation is 3. The van der Waals surface area contributed by atoms with Crippen LogP contribution < -0.4 is 10.2 Å². The van der Waals surface area contributed by atoms with Crippen molar-refractivity contribution in [2.24, 2.45) is 0 Å². The first-order valence-electron chi connectivity index (χ1n) is 11.9. The van der Waals surface area contributed by atoms with E-state index in [1.807, 2.05) is 112 Å². The number of benzene rings is 4. The first-order valence-corrected chi connectivity index (χ1v) is 11.9. The summed E-state index contributed by atoms with van der Waals surface area (Å²) in [5.74, 6) is -1.11. The molecule has 0 saturated heterocycles. The zero-order valence-corrected chi connectivity index (χ0v) is 20.4. The van der Waals surface area contributed by atoms with Crippen molar-refractivity contribution < 1.29 is 13.9 Å². The third-order valence-corrected chi connectivity index (χ3v) is 6.48. The lowest BCUT2D eigenvalue weighted by Gasteiger charge is -2.18. The topological polar surface area (TPSA) is 56.5 Å². The molecule has 0 saturated carbocycles. The Morgan fingerprint density at radius 2 is 1.31 bits per heavy atom. The maximum atomic E-state index is 13.8. The predicted octanol–water partition coefficient (Wildman–Crippen LogP) is 7.12. The van der Waals surface area contributed by atoms with Gasteiger partial charge in [0.05, 0.1) is 5.39 Å². The normalized spacial score (nSPS) is 11.1. The Balaban J connectivity index is 1.68. The summed E-state index contributed by atoms with van der Waals surface area (Å²) in [6.07, 6.45) is 0. The van der Waals surface area contributed by atoms with Crippen molar-refractivity contribution in [3.8, 4) is 17.1 Å². The first-order chi connectivity index (χ1) is 17.4. The first kappa shape index (κ1) is 23.3. The van der Waals surface area contributed by atoms with Crippen LogP contribution in [0.2, 0.25) is 0 Å². The van der Waals surface area contributed by atoms with Gasteiger partial charge in [-0.3, -0.25) is 9.59 Å². The van der Waals surface area contributed by atoms with E-state index < -0.39 is 11.9 Å². The van der Waals surface area contributed by atoms with Crippen molar-refractivity contribution in [2.75, 3.05) is 0 Å². The Bertz CT molecular complexity index is 1560. The number of hydrogen-bond donors (Lipinski definition) is 0. The van der Waals surface area contributed by atoms with E-state index in [-0.39, 0.29) is 16.9 Å². The molecule has 0 atom stereocenters. The van der Waals surface area contributed by atoms with E-state index in [1.165, 1.54) is 0 Å². The molecule has 1 heterocycles. The highest BCUT2D eigenvalue weighted by molar-refractivity contribution is 5.88. The van der Waals surface area contributed by atoms with Crippen LogP contribution in [-0.2, 0) is 4.79 Å². The van der Waals surface area contributed by atoms with Gasteiger partial charge < -0.3 is 9.15 Å². The molecule has 5 rings (SSSR count). The molecule has 0 aliphatic rings. The molecular formula is C32H26O4. The highest BCUT2D eigenvalue weighted by atomic mass is 16.5. The van der Waals surface area contributed by atoms with Gasteiger partial charge in [0.15, 0.2) is 5.76 Å². The summed E-state index contributed by atoms with van der Waals surface area (Å²) in [7, 11) is 0. The largest absolute Gasteiger partial charge is 0.452 e. The van der Waals surface area contributed by atoms with E-state index in [0.717, 1.165) is 27.8 Å². The molecular weight excluding hydrogens is 448 g/mol. The van der Waals surface area contributed by atoms with Crippen LogP contribution in [0.5, 0.6) is 5.75 Å². The van der Waals surface area contributed by atoms with Gasteiger partial charge >= 0.3 is 5.97 Å². The molecule has 178 valence electrons. The van der Waals surface area contributed by atoms with Crippen molar-refractivity contribution in [1.82, 2.24) is 0 Å². The molecule has 1 aromatic heterocycles. The van der Waals surface area contributed by atoms with E-state index in [0.29, 0.717) is 16.5 Å². The zero-order valence-electron chi connectivity index (χ0n) is 20.4. The van der Waals surface area contributed by atoms with E-state index in [1.54, 1.807) is 6.07 Å². The lowest BCUT2D eigenvalue weighted by atomic mass is 9.91. The second kappa shape index (κ2) is 9.67. The highest BCUT2D eigenvalue weighted by Crippen LogP contribution is 2.34. The average Bonchev–Trinajstić information content (AvgIpc) is 2.89. The number of ether oxygens (including phenoxy) is 1. The fourth-order valence-electron chi connectivity index (χ4n) is 4.34. The molecule has 0 bridgehead atoms. The lowest BCUT2D eigenvalue weighted by Crippen LogP contribution is -2.23. The van der Waals surface area contributed by atoms with Gasteiger partial charge in [-0.1, -0.05) is 90.5 Å². The minimum absolute atomic E-state index is 0.100. The van der Waals surface area contributed by atoms with Crippen molar-refractivity contribution >= 4 is 16.9 Å². The SMILES string of the molecule is Cc1ccc(-c2oc3cc(C)c(C)cc3c(=O)c2OC(=O)C(c2ccccc2)c2ccccc2)cc1. The summed E-state index contributed by atoms with van der Waals surface area (Å²) in [6, 6.07) is 30.1. The smallest absolute Gasteiger partial charge is 0.323 e. The molecule has 4 heteroatoms. The second-order valence-corrected chi connectivity index (χ2v) is 9.06. The van der Waals surface area contributed by atoms with Gasteiger partial charge in [-0.2, -0.15) is 0 Å². The summed E-state index contributed by atoms with van der Waals surface area (Å²) >= 11 is 0. The van der Waals surface area contributed by atoms with Crippen molar-refractivity contribution in [1.29, 1.82) is 0 Å². The lowest BCUT2D eigenvalue weighted by molar-refractivity contribution is -0.135. The van der Waals surface area contributed by atoms with E-state index in [9.17, 15) is 9.59 Å². The van der Waals surface area contributed by atoms with Crippen LogP contribution in [0.25, 0.3) is 22.3 Å². The standard InChI is InChI=1S/C32H26O4/c1-20-14-16-25(17-15-20)30-31(29(33)26-18-21(2)22(3)19-27(26)35-30)36-32(34)28(23-10-6-4-7-11-23)24-12-8-5-9-13-24/h4-19,28H,1-3H3. The van der Waals surface area contributed by atoms with E-state index in [2.05, 4.69) is 0 Å². The van der Waals surface area contributed by atoms with Gasteiger partial charge in [-0.15, -0.1) is 0 Å². The van der Waals surface area contributed by atoms with Gasteiger partial charge in [0.2, 0.25) is 11.2 Å². The minimum Gasteiger partial charge on any atom is -0.452 e. The van der Waals surface area contributed by atoms with Gasteiger partial charge in [-0.25, -0.2) is 0 Å². The Hall–Kier alpha value is -4.44. The molecule has 0 aliphatic heterocycles. The Kier molecular flexibility index (Phi) is 6.26. The molecule has 4 aromatic carbocycles. The minimum atomic E-state index is -0.701. The summed E-state index contributed by atoms with van der Waals surface area (Å²) < 4.78 is 12.2. The monoisotopic (exact) mass is 474 g/mol. The van der Waals surface area contributed by atoms with Crippen LogP contribution in [0, 0.1) is 20.8 Å². The van der Waals surface area contributed by atoms with Crippen LogP contribution in [0.15, 0.2) is 106 Å². The van der Waals surface area contributed by atoms with Crippen LogP contribution in [0.3, 0.4) is 0 Å². The van der Waals surface area contributed by atoms with Crippen LogP contribution in [0.1, 0.15) is 33.7 Å². The summed E-state index contributed by atoms with van der Waals surface area (Å²) in [6.45, 7) is 5.89. The maximum absolute atomic E-state index is 13.8. The van der Waals surface area contributed by atoms with Crippen molar-refractivity contribution in [3.05, 3.63) is 135 Å².